The lowest BCUT2D eigenvalue weighted by molar-refractivity contribution is -0.143. The van der Waals surface area contributed by atoms with E-state index in [0.717, 1.165) is 12.2 Å². The maximum absolute atomic E-state index is 11.2. The molecule has 0 fully saturated rings. The number of aryl methyl sites for hydroxylation is 1. The van der Waals surface area contributed by atoms with Crippen LogP contribution >= 0.6 is 0 Å². The van der Waals surface area contributed by atoms with E-state index < -0.39 is 0 Å². The third kappa shape index (κ3) is 3.06. The molecule has 5 nitrogen and oxygen atoms in total. The first kappa shape index (κ1) is 11.7. The van der Waals surface area contributed by atoms with Crippen LogP contribution in [0.3, 0.4) is 0 Å². The molecule has 84 valence electrons. The van der Waals surface area contributed by atoms with Gasteiger partial charge in [0.15, 0.2) is 0 Å². The van der Waals surface area contributed by atoms with Crippen LogP contribution in [0, 0.1) is 0 Å². The maximum atomic E-state index is 11.2. The van der Waals surface area contributed by atoms with Crippen molar-refractivity contribution in [3.63, 3.8) is 0 Å². The largest absolute Gasteiger partial charge is 0.466 e. The standard InChI is InChI=1S/C10H17N3O2/c1-3-13-9(5-6-12-13)8(11)7-10(14)15-4-2/h5-6,8H,3-4,7,11H2,1-2H3. The number of carbonyl (C=O) groups is 1. The summed E-state index contributed by atoms with van der Waals surface area (Å²) in [6.07, 6.45) is 1.88. The summed E-state index contributed by atoms with van der Waals surface area (Å²) in [4.78, 5) is 11.2. The fourth-order valence-corrected chi connectivity index (χ4v) is 1.43. The minimum Gasteiger partial charge on any atom is -0.466 e. The van der Waals surface area contributed by atoms with Gasteiger partial charge in [-0.05, 0) is 19.9 Å². The van der Waals surface area contributed by atoms with Gasteiger partial charge in [-0.2, -0.15) is 5.10 Å². The first-order chi connectivity index (χ1) is 7.19. The average molecular weight is 211 g/mol. The number of hydrogen-bond donors (Lipinski definition) is 1. The molecular formula is C10H17N3O2. The van der Waals surface area contributed by atoms with Crippen molar-refractivity contribution < 1.29 is 9.53 Å². The number of hydrogen-bond acceptors (Lipinski definition) is 4. The first-order valence-corrected chi connectivity index (χ1v) is 5.11. The van der Waals surface area contributed by atoms with E-state index in [1.54, 1.807) is 17.8 Å². The van der Waals surface area contributed by atoms with Crippen molar-refractivity contribution in [3.05, 3.63) is 18.0 Å². The smallest absolute Gasteiger partial charge is 0.307 e. The fraction of sp³-hybridized carbons (Fsp3) is 0.600. The van der Waals surface area contributed by atoms with Gasteiger partial charge in [0.1, 0.15) is 0 Å². The van der Waals surface area contributed by atoms with Gasteiger partial charge in [0.05, 0.1) is 24.8 Å². The highest BCUT2D eigenvalue weighted by atomic mass is 16.5. The molecule has 0 saturated heterocycles. The molecule has 1 aromatic rings. The van der Waals surface area contributed by atoms with Crippen molar-refractivity contribution in [3.8, 4) is 0 Å². The highest BCUT2D eigenvalue weighted by molar-refractivity contribution is 5.70. The predicted molar refractivity (Wildman–Crippen MR) is 56.1 cm³/mol. The number of rotatable bonds is 5. The number of carbonyl (C=O) groups excluding carboxylic acids is 1. The third-order valence-electron chi connectivity index (χ3n) is 2.12. The number of ether oxygens (including phenoxy) is 1. The summed E-state index contributed by atoms with van der Waals surface area (Å²) in [7, 11) is 0. The van der Waals surface area contributed by atoms with Crippen LogP contribution in [0.4, 0.5) is 0 Å². The van der Waals surface area contributed by atoms with E-state index in [0.29, 0.717) is 6.61 Å². The molecule has 0 saturated carbocycles. The van der Waals surface area contributed by atoms with Gasteiger partial charge in [0, 0.05) is 12.7 Å². The van der Waals surface area contributed by atoms with Crippen molar-refractivity contribution >= 4 is 5.97 Å². The Balaban J connectivity index is 2.60. The minimum atomic E-state index is -0.341. The lowest BCUT2D eigenvalue weighted by Crippen LogP contribution is -2.20. The molecule has 0 radical (unpaired) electrons. The highest BCUT2D eigenvalue weighted by Gasteiger charge is 2.15. The van der Waals surface area contributed by atoms with Gasteiger partial charge >= 0.3 is 5.97 Å². The average Bonchev–Trinajstić information content (AvgIpc) is 2.65. The number of nitrogens with two attached hydrogens (primary N) is 1. The fourth-order valence-electron chi connectivity index (χ4n) is 1.43. The zero-order valence-corrected chi connectivity index (χ0v) is 9.14. The molecule has 0 spiro atoms. The van der Waals surface area contributed by atoms with E-state index in [4.69, 9.17) is 10.5 Å². The number of aromatic nitrogens is 2. The van der Waals surface area contributed by atoms with Crippen molar-refractivity contribution in [2.45, 2.75) is 32.9 Å². The van der Waals surface area contributed by atoms with Crippen LogP contribution in [0.15, 0.2) is 12.3 Å². The molecule has 0 amide bonds. The summed E-state index contributed by atoms with van der Waals surface area (Å²) in [5.74, 6) is -0.270. The quantitative estimate of drug-likeness (QED) is 0.733. The molecule has 0 aliphatic rings. The van der Waals surface area contributed by atoms with E-state index in [2.05, 4.69) is 5.10 Å². The second-order valence-electron chi connectivity index (χ2n) is 3.19. The van der Waals surface area contributed by atoms with E-state index in [-0.39, 0.29) is 18.4 Å². The summed E-state index contributed by atoms with van der Waals surface area (Å²) in [6.45, 7) is 4.89. The topological polar surface area (TPSA) is 70.1 Å². The molecule has 15 heavy (non-hydrogen) atoms. The normalized spacial score (nSPS) is 12.5. The van der Waals surface area contributed by atoms with Crippen LogP contribution in [0.5, 0.6) is 0 Å². The maximum Gasteiger partial charge on any atom is 0.307 e. The van der Waals surface area contributed by atoms with E-state index in [1.807, 2.05) is 13.0 Å². The van der Waals surface area contributed by atoms with Gasteiger partial charge in [-0.15, -0.1) is 0 Å². The minimum absolute atomic E-state index is 0.194. The number of esters is 1. The van der Waals surface area contributed by atoms with Gasteiger partial charge in [-0.25, -0.2) is 0 Å². The van der Waals surface area contributed by atoms with Gasteiger partial charge in [0.2, 0.25) is 0 Å². The Morgan fingerprint density at radius 1 is 1.67 bits per heavy atom. The second kappa shape index (κ2) is 5.50. The van der Waals surface area contributed by atoms with E-state index in [9.17, 15) is 4.79 Å². The zero-order valence-electron chi connectivity index (χ0n) is 9.14. The Kier molecular flexibility index (Phi) is 4.30. The molecule has 0 aliphatic carbocycles. The molecule has 1 rings (SSSR count). The van der Waals surface area contributed by atoms with Crippen molar-refractivity contribution in [1.29, 1.82) is 0 Å². The summed E-state index contributed by atoms with van der Waals surface area (Å²) in [5.41, 5.74) is 6.75. The summed E-state index contributed by atoms with van der Waals surface area (Å²) in [5, 5.41) is 4.09. The third-order valence-corrected chi connectivity index (χ3v) is 2.12. The Labute approximate surface area is 89.2 Å². The molecule has 0 aromatic carbocycles. The van der Waals surface area contributed by atoms with Crippen LogP contribution in [0.25, 0.3) is 0 Å². The lowest BCUT2D eigenvalue weighted by atomic mass is 10.1. The Hall–Kier alpha value is -1.36. The Bertz CT molecular complexity index is 322. The van der Waals surface area contributed by atoms with Crippen LogP contribution in [0.2, 0.25) is 0 Å². The monoisotopic (exact) mass is 211 g/mol. The molecule has 2 N–H and O–H groups in total. The first-order valence-electron chi connectivity index (χ1n) is 5.11. The molecule has 1 atom stereocenters. The summed E-state index contributed by atoms with van der Waals surface area (Å²) in [6, 6.07) is 1.49. The zero-order chi connectivity index (χ0) is 11.3. The molecule has 1 aromatic heterocycles. The van der Waals surface area contributed by atoms with Crippen LogP contribution in [-0.2, 0) is 16.1 Å². The molecular weight excluding hydrogens is 194 g/mol. The Morgan fingerprint density at radius 2 is 2.40 bits per heavy atom. The molecule has 0 aliphatic heterocycles. The van der Waals surface area contributed by atoms with Gasteiger partial charge in [-0.3, -0.25) is 9.48 Å². The van der Waals surface area contributed by atoms with E-state index in [1.165, 1.54) is 0 Å². The van der Waals surface area contributed by atoms with Gasteiger partial charge < -0.3 is 10.5 Å². The van der Waals surface area contributed by atoms with Crippen molar-refractivity contribution in [2.24, 2.45) is 5.73 Å². The number of nitrogens with zero attached hydrogens (tertiary/aromatic N) is 2. The van der Waals surface area contributed by atoms with Crippen LogP contribution in [0.1, 0.15) is 32.0 Å². The SMILES string of the molecule is CCOC(=O)CC(N)c1ccnn1CC. The van der Waals surface area contributed by atoms with Gasteiger partial charge in [-0.1, -0.05) is 0 Å². The molecule has 0 bridgehead atoms. The summed E-state index contributed by atoms with van der Waals surface area (Å²) >= 11 is 0. The van der Waals surface area contributed by atoms with E-state index >= 15 is 0 Å². The van der Waals surface area contributed by atoms with Crippen molar-refractivity contribution in [1.82, 2.24) is 9.78 Å². The molecule has 1 heterocycles. The predicted octanol–water partition coefficient (Wildman–Crippen LogP) is 0.856. The second-order valence-corrected chi connectivity index (χ2v) is 3.19. The summed E-state index contributed by atoms with van der Waals surface area (Å²) < 4.78 is 6.62. The van der Waals surface area contributed by atoms with Crippen LogP contribution < -0.4 is 5.73 Å². The van der Waals surface area contributed by atoms with Crippen LogP contribution in [-0.4, -0.2) is 22.4 Å². The van der Waals surface area contributed by atoms with Gasteiger partial charge in [0.25, 0.3) is 0 Å². The molecule has 1 unspecified atom stereocenters. The lowest BCUT2D eigenvalue weighted by Gasteiger charge is -2.12. The Morgan fingerprint density at radius 3 is 3.00 bits per heavy atom. The van der Waals surface area contributed by atoms with Crippen molar-refractivity contribution in [2.75, 3.05) is 6.61 Å². The molecule has 5 heteroatoms. The highest BCUT2D eigenvalue weighted by Crippen LogP contribution is 2.13.